The largest absolute Gasteiger partial charge is 0.444 e. The Hall–Kier alpha value is -3.58. The first-order valence-corrected chi connectivity index (χ1v) is 11.7. The van der Waals surface area contributed by atoms with E-state index >= 15 is 0 Å². The van der Waals surface area contributed by atoms with Crippen molar-refractivity contribution in [3.63, 3.8) is 0 Å². The lowest BCUT2D eigenvalue weighted by atomic mass is 9.99. The van der Waals surface area contributed by atoms with Crippen LogP contribution >= 0.6 is 0 Å². The predicted molar refractivity (Wildman–Crippen MR) is 135 cm³/mol. The van der Waals surface area contributed by atoms with E-state index in [0.29, 0.717) is 11.1 Å². The van der Waals surface area contributed by atoms with E-state index in [0.717, 1.165) is 4.90 Å². The van der Waals surface area contributed by atoms with Crippen LogP contribution in [0.1, 0.15) is 71.6 Å². The second-order valence-electron chi connectivity index (χ2n) is 10.4. The smallest absolute Gasteiger partial charge is 0.408 e. The quantitative estimate of drug-likeness (QED) is 0.357. The first-order chi connectivity index (χ1) is 16.6. The number of benzene rings is 1. The Morgan fingerprint density at radius 2 is 1.69 bits per heavy atom. The van der Waals surface area contributed by atoms with Gasteiger partial charge in [-0.2, -0.15) is 0 Å². The standard InChI is InChI=1S/C26H38N4O6/c1-8-17-9-11-18(12-10-17)21(22(33)29-25(2,3)4)30(15-16-31)23(34)19(13-14-20(27)32)28-24(35)36-26(5,6)7/h1,9-12,19,21,31H,13-16H2,2-7H3,(H2,27,32)(H,28,35)(H,29,33). The van der Waals surface area contributed by atoms with Crippen LogP contribution in [0.15, 0.2) is 24.3 Å². The van der Waals surface area contributed by atoms with E-state index < -0.39 is 53.6 Å². The van der Waals surface area contributed by atoms with Crippen LogP contribution in [0.2, 0.25) is 0 Å². The van der Waals surface area contributed by atoms with Gasteiger partial charge in [0.2, 0.25) is 17.7 Å². The second kappa shape index (κ2) is 12.9. The van der Waals surface area contributed by atoms with Gasteiger partial charge in [0.25, 0.3) is 0 Å². The summed E-state index contributed by atoms with van der Waals surface area (Å²) >= 11 is 0. The molecule has 2 unspecified atom stereocenters. The molecule has 0 saturated carbocycles. The summed E-state index contributed by atoms with van der Waals surface area (Å²) in [6.45, 7) is 9.69. The highest BCUT2D eigenvalue weighted by Gasteiger charge is 2.37. The number of hydrogen-bond acceptors (Lipinski definition) is 6. The van der Waals surface area contributed by atoms with Crippen molar-refractivity contribution in [1.82, 2.24) is 15.5 Å². The maximum absolute atomic E-state index is 13.7. The molecule has 1 aromatic rings. The molecule has 0 aliphatic carbocycles. The Morgan fingerprint density at radius 1 is 1.11 bits per heavy atom. The van der Waals surface area contributed by atoms with E-state index in [4.69, 9.17) is 16.9 Å². The molecule has 1 rings (SSSR count). The van der Waals surface area contributed by atoms with Crippen LogP contribution in [0.25, 0.3) is 0 Å². The SMILES string of the molecule is C#Cc1ccc(C(C(=O)NC(C)(C)C)N(CCO)C(=O)C(CCC(N)=O)NC(=O)OC(C)(C)C)cc1. The van der Waals surface area contributed by atoms with E-state index in [1.807, 2.05) is 0 Å². The fourth-order valence-electron chi connectivity index (χ4n) is 3.34. The molecule has 0 radical (unpaired) electrons. The number of carbonyl (C=O) groups is 4. The Bertz CT molecular complexity index is 970. The van der Waals surface area contributed by atoms with Crippen LogP contribution in [0.5, 0.6) is 0 Å². The molecule has 0 saturated heterocycles. The van der Waals surface area contributed by atoms with Gasteiger partial charge in [-0.3, -0.25) is 14.4 Å². The molecule has 36 heavy (non-hydrogen) atoms. The minimum atomic E-state index is -1.24. The van der Waals surface area contributed by atoms with Crippen molar-refractivity contribution < 1.29 is 29.0 Å². The van der Waals surface area contributed by atoms with Gasteiger partial charge in [0.15, 0.2) is 0 Å². The molecule has 0 aromatic heterocycles. The van der Waals surface area contributed by atoms with Crippen molar-refractivity contribution in [2.45, 2.75) is 77.6 Å². The van der Waals surface area contributed by atoms with Gasteiger partial charge >= 0.3 is 6.09 Å². The summed E-state index contributed by atoms with van der Waals surface area (Å²) in [4.78, 5) is 52.2. The number of terminal acetylenes is 1. The van der Waals surface area contributed by atoms with Crippen LogP contribution in [0.3, 0.4) is 0 Å². The number of primary amides is 1. The lowest BCUT2D eigenvalue weighted by Gasteiger charge is -2.35. The third kappa shape index (κ3) is 10.4. The van der Waals surface area contributed by atoms with E-state index in [1.54, 1.807) is 65.8 Å². The normalized spacial score (nSPS) is 13.1. The summed E-state index contributed by atoms with van der Waals surface area (Å²) in [7, 11) is 0. The van der Waals surface area contributed by atoms with Crippen molar-refractivity contribution in [2.75, 3.05) is 13.2 Å². The topological polar surface area (TPSA) is 151 Å². The van der Waals surface area contributed by atoms with Gasteiger partial charge in [0, 0.05) is 24.1 Å². The van der Waals surface area contributed by atoms with Crippen LogP contribution in [0, 0.1) is 12.3 Å². The molecule has 10 heteroatoms. The summed E-state index contributed by atoms with van der Waals surface area (Å²) < 4.78 is 5.26. The highest BCUT2D eigenvalue weighted by atomic mass is 16.6. The van der Waals surface area contributed by atoms with Crippen LogP contribution in [-0.4, -0.2) is 64.2 Å². The molecule has 10 nitrogen and oxygen atoms in total. The molecule has 0 fully saturated rings. The molecule has 4 amide bonds. The monoisotopic (exact) mass is 502 g/mol. The molecule has 0 spiro atoms. The Kier molecular flexibility index (Phi) is 10.9. The number of nitrogens with zero attached hydrogens (tertiary/aromatic N) is 1. The van der Waals surface area contributed by atoms with E-state index in [-0.39, 0.29) is 19.4 Å². The molecule has 5 N–H and O–H groups in total. The zero-order valence-electron chi connectivity index (χ0n) is 21.9. The van der Waals surface area contributed by atoms with E-state index in [2.05, 4.69) is 16.6 Å². The van der Waals surface area contributed by atoms with Gasteiger partial charge in [0.05, 0.1) is 6.61 Å². The number of nitrogens with one attached hydrogen (secondary N) is 2. The summed E-state index contributed by atoms with van der Waals surface area (Å²) in [6, 6.07) is 4.12. The molecular weight excluding hydrogens is 464 g/mol. The van der Waals surface area contributed by atoms with Crippen LogP contribution in [-0.2, 0) is 19.1 Å². The molecule has 0 heterocycles. The second-order valence-corrected chi connectivity index (χ2v) is 10.4. The van der Waals surface area contributed by atoms with Crippen LogP contribution < -0.4 is 16.4 Å². The van der Waals surface area contributed by atoms with E-state index in [1.165, 1.54) is 0 Å². The first kappa shape index (κ1) is 30.5. The van der Waals surface area contributed by atoms with Gasteiger partial charge in [-0.1, -0.05) is 18.1 Å². The summed E-state index contributed by atoms with van der Waals surface area (Å²) in [5.41, 5.74) is 4.85. The molecule has 0 bridgehead atoms. The fraction of sp³-hybridized carbons (Fsp3) is 0.538. The van der Waals surface area contributed by atoms with Gasteiger partial charge in [-0.25, -0.2) is 4.79 Å². The molecular formula is C26H38N4O6. The van der Waals surface area contributed by atoms with E-state index in [9.17, 15) is 24.3 Å². The predicted octanol–water partition coefficient (Wildman–Crippen LogP) is 1.60. The summed E-state index contributed by atoms with van der Waals surface area (Å²) in [6.07, 6.45) is 4.25. The first-order valence-electron chi connectivity index (χ1n) is 11.7. The van der Waals surface area contributed by atoms with Crippen molar-refractivity contribution in [2.24, 2.45) is 5.73 Å². The maximum Gasteiger partial charge on any atom is 0.408 e. The lowest BCUT2D eigenvalue weighted by Crippen LogP contribution is -2.55. The number of rotatable bonds is 10. The maximum atomic E-state index is 13.7. The van der Waals surface area contributed by atoms with Gasteiger partial charge in [-0.15, -0.1) is 6.42 Å². The minimum Gasteiger partial charge on any atom is -0.444 e. The number of carbonyl (C=O) groups excluding carboxylic acids is 4. The zero-order valence-corrected chi connectivity index (χ0v) is 21.9. The highest BCUT2D eigenvalue weighted by Crippen LogP contribution is 2.24. The number of ether oxygens (including phenoxy) is 1. The molecule has 2 atom stereocenters. The molecule has 1 aromatic carbocycles. The van der Waals surface area contributed by atoms with Crippen molar-refractivity contribution in [1.29, 1.82) is 0 Å². The minimum absolute atomic E-state index is 0.126. The average Bonchev–Trinajstić information content (AvgIpc) is 2.73. The Morgan fingerprint density at radius 3 is 2.14 bits per heavy atom. The average molecular weight is 503 g/mol. The fourth-order valence-corrected chi connectivity index (χ4v) is 3.34. The number of aliphatic hydroxyl groups excluding tert-OH is 1. The van der Waals surface area contributed by atoms with Crippen molar-refractivity contribution in [3.8, 4) is 12.3 Å². The summed E-state index contributed by atoms with van der Waals surface area (Å²) in [5.74, 6) is 0.645. The molecule has 0 aliphatic rings. The summed E-state index contributed by atoms with van der Waals surface area (Å²) in [5, 5.41) is 15.1. The number of alkyl carbamates (subject to hydrolysis) is 1. The van der Waals surface area contributed by atoms with Gasteiger partial charge in [0.1, 0.15) is 17.7 Å². The number of nitrogens with two attached hydrogens (primary N) is 1. The van der Waals surface area contributed by atoms with Gasteiger partial charge < -0.3 is 31.1 Å². The van der Waals surface area contributed by atoms with Crippen molar-refractivity contribution >= 4 is 23.8 Å². The number of aliphatic hydroxyl groups is 1. The highest BCUT2D eigenvalue weighted by molar-refractivity contribution is 5.92. The number of amides is 4. The zero-order chi connectivity index (χ0) is 27.7. The number of hydrogen-bond donors (Lipinski definition) is 4. The van der Waals surface area contributed by atoms with Crippen molar-refractivity contribution in [3.05, 3.63) is 35.4 Å². The Balaban J connectivity index is 3.49. The molecule has 0 aliphatic heterocycles. The molecule has 198 valence electrons. The lowest BCUT2D eigenvalue weighted by molar-refractivity contribution is -0.143. The van der Waals surface area contributed by atoms with Gasteiger partial charge in [-0.05, 0) is 65.7 Å². The van der Waals surface area contributed by atoms with Crippen LogP contribution in [0.4, 0.5) is 4.79 Å². The Labute approximate surface area is 212 Å². The third-order valence-electron chi connectivity index (χ3n) is 4.74. The third-order valence-corrected chi connectivity index (χ3v) is 4.74.